The lowest BCUT2D eigenvalue weighted by Crippen LogP contribution is -1.97. The van der Waals surface area contributed by atoms with E-state index in [9.17, 15) is 14.4 Å². The molecule has 0 unspecified atom stereocenters. The molecule has 0 aliphatic heterocycles. The van der Waals surface area contributed by atoms with Crippen molar-refractivity contribution in [1.82, 2.24) is 0 Å². The van der Waals surface area contributed by atoms with Crippen molar-refractivity contribution in [1.29, 1.82) is 0 Å². The maximum absolute atomic E-state index is 9.98. The minimum absolute atomic E-state index is 0.147. The second-order valence-corrected chi connectivity index (χ2v) is 6.48. The van der Waals surface area contributed by atoms with E-state index in [4.69, 9.17) is 15.3 Å². The fourth-order valence-electron chi connectivity index (χ4n) is 1.42. The quantitative estimate of drug-likeness (QED) is 0.481. The first kappa shape index (κ1) is 28.0. The van der Waals surface area contributed by atoms with Crippen molar-refractivity contribution in [3.05, 3.63) is 12.2 Å². The van der Waals surface area contributed by atoms with Crippen molar-refractivity contribution in [2.24, 2.45) is 11.8 Å². The van der Waals surface area contributed by atoms with E-state index >= 15 is 0 Å². The van der Waals surface area contributed by atoms with Gasteiger partial charge < -0.3 is 15.3 Å². The van der Waals surface area contributed by atoms with Gasteiger partial charge in [-0.1, -0.05) is 53.2 Å². The summed E-state index contributed by atoms with van der Waals surface area (Å²) in [6.07, 6.45) is 7.79. The summed E-state index contributed by atoms with van der Waals surface area (Å²) in [6, 6.07) is 0. The molecule has 25 heavy (non-hydrogen) atoms. The SMILES string of the molecule is CC(C)CCC(=O)O.CC(C)CCCC(=O)O.CCC=CCC(=O)O. The lowest BCUT2D eigenvalue weighted by molar-refractivity contribution is -0.138. The largest absolute Gasteiger partial charge is 0.481 e. The van der Waals surface area contributed by atoms with Crippen LogP contribution in [0.25, 0.3) is 0 Å². The number of carboxylic acids is 3. The number of hydrogen-bond donors (Lipinski definition) is 3. The summed E-state index contributed by atoms with van der Waals surface area (Å²) < 4.78 is 0. The highest BCUT2D eigenvalue weighted by atomic mass is 16.4. The molecule has 0 aliphatic rings. The monoisotopic (exact) mass is 360 g/mol. The minimum Gasteiger partial charge on any atom is -0.481 e. The zero-order valence-electron chi connectivity index (χ0n) is 16.3. The van der Waals surface area contributed by atoms with Crippen molar-refractivity contribution in [2.45, 2.75) is 79.6 Å². The average Bonchev–Trinajstić information content (AvgIpc) is 2.45. The predicted octanol–water partition coefficient (Wildman–Crippen LogP) is 4.83. The molecule has 0 aromatic carbocycles. The number of carbonyl (C=O) groups is 3. The van der Waals surface area contributed by atoms with Crippen molar-refractivity contribution in [2.75, 3.05) is 0 Å². The van der Waals surface area contributed by atoms with Crippen LogP contribution in [0.4, 0.5) is 0 Å². The van der Waals surface area contributed by atoms with Gasteiger partial charge in [0.05, 0.1) is 6.42 Å². The van der Waals surface area contributed by atoms with Gasteiger partial charge >= 0.3 is 17.9 Å². The van der Waals surface area contributed by atoms with Crippen LogP contribution >= 0.6 is 0 Å². The Hall–Kier alpha value is -1.85. The summed E-state index contributed by atoms with van der Waals surface area (Å²) in [6.45, 7) is 10.2. The summed E-state index contributed by atoms with van der Waals surface area (Å²) in [5.74, 6) is -1.01. The van der Waals surface area contributed by atoms with E-state index in [0.717, 1.165) is 25.7 Å². The number of rotatable bonds is 10. The van der Waals surface area contributed by atoms with E-state index < -0.39 is 17.9 Å². The molecule has 0 amide bonds. The fraction of sp³-hybridized carbons (Fsp3) is 0.737. The van der Waals surface area contributed by atoms with Crippen LogP contribution < -0.4 is 0 Å². The Labute approximate surface area is 151 Å². The molecule has 6 nitrogen and oxygen atoms in total. The third kappa shape index (κ3) is 44.9. The Morgan fingerprint density at radius 1 is 0.760 bits per heavy atom. The highest BCUT2D eigenvalue weighted by Gasteiger charge is 1.98. The smallest absolute Gasteiger partial charge is 0.307 e. The molecule has 6 heteroatoms. The van der Waals surface area contributed by atoms with Crippen LogP contribution in [0.2, 0.25) is 0 Å². The van der Waals surface area contributed by atoms with Gasteiger partial charge in [0.25, 0.3) is 0 Å². The maximum atomic E-state index is 9.98. The summed E-state index contributed by atoms with van der Waals surface area (Å²) in [4.78, 5) is 29.7. The molecule has 3 N–H and O–H groups in total. The van der Waals surface area contributed by atoms with Gasteiger partial charge in [0.1, 0.15) is 0 Å². The zero-order valence-corrected chi connectivity index (χ0v) is 16.3. The van der Waals surface area contributed by atoms with Gasteiger partial charge in [-0.15, -0.1) is 0 Å². The lowest BCUT2D eigenvalue weighted by atomic mass is 10.1. The van der Waals surface area contributed by atoms with Crippen molar-refractivity contribution >= 4 is 17.9 Å². The number of carboxylic acid groups (broad SMARTS) is 3. The first-order valence-electron chi connectivity index (χ1n) is 8.83. The zero-order chi connectivity index (χ0) is 20.3. The molecule has 0 saturated carbocycles. The minimum atomic E-state index is -0.769. The Morgan fingerprint density at radius 2 is 1.24 bits per heavy atom. The van der Waals surface area contributed by atoms with E-state index in [1.807, 2.05) is 26.8 Å². The lowest BCUT2D eigenvalue weighted by Gasteiger charge is -1.99. The molecule has 0 rings (SSSR count). The van der Waals surface area contributed by atoms with Crippen LogP contribution in [0.5, 0.6) is 0 Å². The van der Waals surface area contributed by atoms with Crippen LogP contribution in [-0.4, -0.2) is 33.2 Å². The topological polar surface area (TPSA) is 112 Å². The highest BCUT2D eigenvalue weighted by Crippen LogP contribution is 2.05. The molecule has 0 aromatic rings. The second-order valence-electron chi connectivity index (χ2n) is 6.48. The van der Waals surface area contributed by atoms with Gasteiger partial charge in [0.15, 0.2) is 0 Å². The molecule has 148 valence electrons. The van der Waals surface area contributed by atoms with Crippen LogP contribution in [0.1, 0.15) is 79.6 Å². The van der Waals surface area contributed by atoms with Crippen LogP contribution in [0.15, 0.2) is 12.2 Å². The maximum Gasteiger partial charge on any atom is 0.307 e. The second kappa shape index (κ2) is 20.2. The number of hydrogen-bond acceptors (Lipinski definition) is 3. The van der Waals surface area contributed by atoms with Crippen molar-refractivity contribution in [3.8, 4) is 0 Å². The molecule has 0 aromatic heterocycles. The van der Waals surface area contributed by atoms with E-state index in [1.54, 1.807) is 6.08 Å². The third-order valence-corrected chi connectivity index (χ3v) is 2.80. The summed E-state index contributed by atoms with van der Waals surface area (Å²) >= 11 is 0. The molecule has 0 saturated heterocycles. The van der Waals surface area contributed by atoms with E-state index in [1.165, 1.54) is 0 Å². The van der Waals surface area contributed by atoms with Crippen LogP contribution in [0, 0.1) is 11.8 Å². The molecule has 0 aliphatic carbocycles. The Kier molecular flexibility index (Phi) is 22.6. The first-order chi connectivity index (χ1) is 11.5. The van der Waals surface area contributed by atoms with Gasteiger partial charge in [-0.05, 0) is 31.1 Å². The van der Waals surface area contributed by atoms with Crippen LogP contribution in [-0.2, 0) is 14.4 Å². The Bertz CT molecular complexity index is 372. The van der Waals surface area contributed by atoms with Crippen molar-refractivity contribution in [3.63, 3.8) is 0 Å². The van der Waals surface area contributed by atoms with Gasteiger partial charge in [-0.25, -0.2) is 0 Å². The van der Waals surface area contributed by atoms with Gasteiger partial charge in [-0.2, -0.15) is 0 Å². The normalized spacial score (nSPS) is 10.0. The molecule has 0 radical (unpaired) electrons. The molecular formula is C19H36O6. The number of allylic oxidation sites excluding steroid dienone is 1. The molecule has 0 heterocycles. The first-order valence-corrected chi connectivity index (χ1v) is 8.83. The van der Waals surface area contributed by atoms with E-state index in [0.29, 0.717) is 24.7 Å². The molecular weight excluding hydrogens is 324 g/mol. The average molecular weight is 360 g/mol. The van der Waals surface area contributed by atoms with Gasteiger partial charge in [0, 0.05) is 12.8 Å². The molecule has 0 spiro atoms. The number of aliphatic carboxylic acids is 3. The molecule has 0 bridgehead atoms. The molecule has 0 atom stereocenters. The Morgan fingerprint density at radius 3 is 1.52 bits per heavy atom. The van der Waals surface area contributed by atoms with Crippen LogP contribution in [0.3, 0.4) is 0 Å². The van der Waals surface area contributed by atoms with E-state index in [-0.39, 0.29) is 6.42 Å². The van der Waals surface area contributed by atoms with E-state index in [2.05, 4.69) is 13.8 Å². The highest BCUT2D eigenvalue weighted by molar-refractivity contribution is 5.68. The fourth-order valence-corrected chi connectivity index (χ4v) is 1.42. The summed E-state index contributed by atoms with van der Waals surface area (Å²) in [5, 5.41) is 24.5. The van der Waals surface area contributed by atoms with Gasteiger partial charge in [0.2, 0.25) is 0 Å². The summed E-state index contributed by atoms with van der Waals surface area (Å²) in [7, 11) is 0. The predicted molar refractivity (Wildman–Crippen MR) is 99.7 cm³/mol. The molecule has 0 fully saturated rings. The van der Waals surface area contributed by atoms with Gasteiger partial charge in [-0.3, -0.25) is 14.4 Å². The summed E-state index contributed by atoms with van der Waals surface area (Å²) in [5.41, 5.74) is 0. The standard InChI is InChI=1S/C7H14O2.C6H12O2.C6H10O2/c1-6(2)4-3-5-7(8)9;1-5(2)3-4-6(7)8;1-2-3-4-5-6(7)8/h6H,3-5H2,1-2H3,(H,8,9);5H,3-4H2,1-2H3,(H,7,8);3-4H,2,5H2,1H3,(H,7,8). The third-order valence-electron chi connectivity index (χ3n) is 2.80. The van der Waals surface area contributed by atoms with Crippen molar-refractivity contribution < 1.29 is 29.7 Å². The Balaban J connectivity index is -0.000000291.